The van der Waals surface area contributed by atoms with Crippen molar-refractivity contribution in [2.24, 2.45) is 5.41 Å². The van der Waals surface area contributed by atoms with Crippen LogP contribution in [-0.2, 0) is 4.74 Å². The monoisotopic (exact) mass is 439 g/mol. The summed E-state index contributed by atoms with van der Waals surface area (Å²) in [6, 6.07) is 7.31. The topological polar surface area (TPSA) is 19.0 Å². The van der Waals surface area contributed by atoms with E-state index in [0.29, 0.717) is 11.5 Å². The molecule has 4 rings (SSSR count). The second kappa shape index (κ2) is 10.6. The number of hydrogen-bond donors (Lipinski definition) is 0. The SMILES string of the molecule is CCCCN1CCN(c2ccc(N3CCC(OC)CC3)cc2C2=CCC(C)(C)CC2)CC1. The molecule has 0 unspecified atom stereocenters. The Morgan fingerprint density at radius 1 is 1.00 bits per heavy atom. The number of piperazine rings is 1. The van der Waals surface area contributed by atoms with Crippen molar-refractivity contribution in [3.63, 3.8) is 0 Å². The molecule has 4 heteroatoms. The molecule has 0 aromatic heterocycles. The summed E-state index contributed by atoms with van der Waals surface area (Å²) < 4.78 is 5.60. The van der Waals surface area contributed by atoms with Crippen LogP contribution in [-0.4, -0.2) is 63.9 Å². The summed E-state index contributed by atoms with van der Waals surface area (Å²) in [5.74, 6) is 0. The van der Waals surface area contributed by atoms with E-state index in [9.17, 15) is 0 Å². The molecule has 0 saturated carbocycles. The van der Waals surface area contributed by atoms with Gasteiger partial charge in [0.15, 0.2) is 0 Å². The Balaban J connectivity index is 1.55. The Hall–Kier alpha value is -1.52. The molecular formula is C28H45N3O. The van der Waals surface area contributed by atoms with Crippen molar-refractivity contribution >= 4 is 16.9 Å². The van der Waals surface area contributed by atoms with Crippen molar-refractivity contribution in [1.29, 1.82) is 0 Å². The number of rotatable bonds is 7. The number of allylic oxidation sites excluding steroid dienone is 2. The van der Waals surface area contributed by atoms with Crippen LogP contribution in [0.25, 0.3) is 5.57 Å². The van der Waals surface area contributed by atoms with E-state index in [1.807, 2.05) is 7.11 Å². The maximum Gasteiger partial charge on any atom is 0.0605 e. The maximum atomic E-state index is 5.60. The third kappa shape index (κ3) is 5.69. The normalized spacial score (nSPS) is 22.8. The number of unbranched alkanes of at least 4 members (excludes halogenated alkanes) is 1. The molecule has 178 valence electrons. The molecule has 1 aromatic carbocycles. The highest BCUT2D eigenvalue weighted by Gasteiger charge is 2.26. The summed E-state index contributed by atoms with van der Waals surface area (Å²) in [4.78, 5) is 7.87. The molecule has 0 radical (unpaired) electrons. The van der Waals surface area contributed by atoms with Gasteiger partial charge in [0.25, 0.3) is 0 Å². The molecule has 1 aromatic rings. The molecule has 2 saturated heterocycles. The fraction of sp³-hybridized carbons (Fsp3) is 0.714. The van der Waals surface area contributed by atoms with Gasteiger partial charge in [-0.25, -0.2) is 0 Å². The standard InChI is InChI=1S/C28H45N3O/c1-5-6-15-29-18-20-31(21-19-29)27-8-7-24(30-16-11-25(32-4)12-17-30)22-26(27)23-9-13-28(2,3)14-10-23/h7-9,22,25H,5-6,10-21H2,1-4H3. The summed E-state index contributed by atoms with van der Waals surface area (Å²) in [6.45, 7) is 15.2. The van der Waals surface area contributed by atoms with Crippen LogP contribution in [0.1, 0.15) is 71.3 Å². The van der Waals surface area contributed by atoms with E-state index in [1.165, 1.54) is 68.7 Å². The first-order valence-electron chi connectivity index (χ1n) is 13.1. The van der Waals surface area contributed by atoms with E-state index < -0.39 is 0 Å². The Kier molecular flexibility index (Phi) is 7.83. The minimum Gasteiger partial charge on any atom is -0.381 e. The maximum absolute atomic E-state index is 5.60. The van der Waals surface area contributed by atoms with Crippen molar-refractivity contribution in [2.45, 2.75) is 71.8 Å². The Bertz CT molecular complexity index is 771. The van der Waals surface area contributed by atoms with Gasteiger partial charge in [-0.05, 0) is 74.3 Å². The van der Waals surface area contributed by atoms with Gasteiger partial charge in [0.1, 0.15) is 0 Å². The van der Waals surface area contributed by atoms with E-state index >= 15 is 0 Å². The molecule has 0 spiro atoms. The number of methoxy groups -OCH3 is 1. The highest BCUT2D eigenvalue weighted by atomic mass is 16.5. The highest BCUT2D eigenvalue weighted by Crippen LogP contribution is 2.42. The fourth-order valence-corrected chi connectivity index (χ4v) is 5.52. The molecule has 0 atom stereocenters. The second-order valence-corrected chi connectivity index (χ2v) is 10.9. The predicted molar refractivity (Wildman–Crippen MR) is 138 cm³/mol. The molecule has 0 N–H and O–H groups in total. The van der Waals surface area contributed by atoms with Gasteiger partial charge >= 0.3 is 0 Å². The molecule has 1 aliphatic carbocycles. The third-order valence-electron chi connectivity index (χ3n) is 7.98. The quantitative estimate of drug-likeness (QED) is 0.533. The first-order valence-corrected chi connectivity index (χ1v) is 13.1. The summed E-state index contributed by atoms with van der Waals surface area (Å²) in [7, 11) is 1.85. The first kappa shape index (κ1) is 23.6. The van der Waals surface area contributed by atoms with E-state index in [2.05, 4.69) is 59.7 Å². The van der Waals surface area contributed by atoms with Crippen LogP contribution >= 0.6 is 0 Å². The Morgan fingerprint density at radius 3 is 2.38 bits per heavy atom. The molecule has 0 bridgehead atoms. The van der Waals surface area contributed by atoms with Gasteiger partial charge in [-0.3, -0.25) is 4.90 Å². The van der Waals surface area contributed by atoms with Crippen LogP contribution in [0.4, 0.5) is 11.4 Å². The van der Waals surface area contributed by atoms with Gasteiger partial charge in [-0.1, -0.05) is 33.3 Å². The minimum absolute atomic E-state index is 0.428. The van der Waals surface area contributed by atoms with Gasteiger partial charge in [0.05, 0.1) is 6.10 Å². The van der Waals surface area contributed by atoms with Crippen molar-refractivity contribution in [2.75, 3.05) is 62.7 Å². The highest BCUT2D eigenvalue weighted by molar-refractivity contribution is 5.80. The number of benzene rings is 1. The molecule has 4 nitrogen and oxygen atoms in total. The van der Waals surface area contributed by atoms with Crippen LogP contribution in [0.3, 0.4) is 0 Å². The zero-order chi connectivity index (χ0) is 22.6. The predicted octanol–water partition coefficient (Wildman–Crippen LogP) is 5.82. The molecular weight excluding hydrogens is 394 g/mol. The van der Waals surface area contributed by atoms with Gasteiger partial charge < -0.3 is 14.5 Å². The zero-order valence-corrected chi connectivity index (χ0v) is 21.0. The Morgan fingerprint density at radius 2 is 1.75 bits per heavy atom. The second-order valence-electron chi connectivity index (χ2n) is 10.9. The molecule has 0 amide bonds. The summed E-state index contributed by atoms with van der Waals surface area (Å²) in [5.41, 5.74) is 6.36. The van der Waals surface area contributed by atoms with E-state index in [0.717, 1.165) is 39.0 Å². The van der Waals surface area contributed by atoms with Crippen molar-refractivity contribution in [1.82, 2.24) is 4.90 Å². The van der Waals surface area contributed by atoms with E-state index in [1.54, 1.807) is 5.57 Å². The van der Waals surface area contributed by atoms with E-state index in [4.69, 9.17) is 4.74 Å². The summed E-state index contributed by atoms with van der Waals surface area (Å²) in [5, 5.41) is 0. The lowest BCUT2D eigenvalue weighted by atomic mass is 9.76. The molecule has 32 heavy (non-hydrogen) atoms. The van der Waals surface area contributed by atoms with Crippen LogP contribution in [0, 0.1) is 5.41 Å². The van der Waals surface area contributed by atoms with E-state index in [-0.39, 0.29) is 0 Å². The van der Waals surface area contributed by atoms with Crippen molar-refractivity contribution in [3.8, 4) is 0 Å². The third-order valence-corrected chi connectivity index (χ3v) is 7.98. The number of anilines is 2. The molecule has 2 aliphatic heterocycles. The lowest BCUT2D eigenvalue weighted by Crippen LogP contribution is -2.47. The van der Waals surface area contributed by atoms with Crippen LogP contribution in [0.15, 0.2) is 24.3 Å². The van der Waals surface area contributed by atoms with Crippen LogP contribution in [0.5, 0.6) is 0 Å². The summed E-state index contributed by atoms with van der Waals surface area (Å²) in [6.07, 6.45) is 11.5. The number of ether oxygens (including phenoxy) is 1. The van der Waals surface area contributed by atoms with Crippen molar-refractivity contribution in [3.05, 3.63) is 29.8 Å². The van der Waals surface area contributed by atoms with Gasteiger partial charge in [-0.15, -0.1) is 0 Å². The minimum atomic E-state index is 0.428. The van der Waals surface area contributed by atoms with Gasteiger partial charge in [0.2, 0.25) is 0 Å². The molecule has 2 heterocycles. The lowest BCUT2D eigenvalue weighted by molar-refractivity contribution is 0.0819. The van der Waals surface area contributed by atoms with Crippen LogP contribution < -0.4 is 9.80 Å². The number of piperidine rings is 1. The average Bonchev–Trinajstić information content (AvgIpc) is 2.83. The molecule has 2 fully saturated rings. The first-order chi connectivity index (χ1) is 15.5. The number of hydrogen-bond acceptors (Lipinski definition) is 4. The van der Waals surface area contributed by atoms with Crippen molar-refractivity contribution < 1.29 is 4.74 Å². The summed E-state index contributed by atoms with van der Waals surface area (Å²) >= 11 is 0. The van der Waals surface area contributed by atoms with Gasteiger partial charge in [0, 0.05) is 63.3 Å². The lowest BCUT2D eigenvalue weighted by Gasteiger charge is -2.39. The number of nitrogens with zero attached hydrogens (tertiary/aromatic N) is 3. The Labute approximate surface area is 196 Å². The smallest absolute Gasteiger partial charge is 0.0605 e. The largest absolute Gasteiger partial charge is 0.381 e. The molecule has 3 aliphatic rings. The zero-order valence-electron chi connectivity index (χ0n) is 21.0. The fourth-order valence-electron chi connectivity index (χ4n) is 5.52. The van der Waals surface area contributed by atoms with Gasteiger partial charge in [-0.2, -0.15) is 0 Å². The average molecular weight is 440 g/mol. The van der Waals surface area contributed by atoms with Crippen LogP contribution in [0.2, 0.25) is 0 Å².